The fourth-order valence-electron chi connectivity index (χ4n) is 3.63. The molecule has 0 spiro atoms. The van der Waals surface area contributed by atoms with Crippen LogP contribution in [-0.4, -0.2) is 62.8 Å². The molecule has 0 radical (unpaired) electrons. The van der Waals surface area contributed by atoms with Crippen LogP contribution in [0.2, 0.25) is 0 Å². The number of carbonyl (C=O) groups excluding carboxylic acids is 2. The molecule has 1 aliphatic rings. The molecule has 0 fully saturated rings. The first-order valence-corrected chi connectivity index (χ1v) is 11.2. The van der Waals surface area contributed by atoms with Gasteiger partial charge in [0.25, 0.3) is 11.8 Å². The van der Waals surface area contributed by atoms with Crippen molar-refractivity contribution >= 4 is 23.6 Å². The van der Waals surface area contributed by atoms with Crippen molar-refractivity contribution < 1.29 is 9.59 Å². The lowest BCUT2D eigenvalue weighted by molar-refractivity contribution is 0.0664. The number of unbranched alkanes of at least 4 members (excludes halogenated alkanes) is 1. The Bertz CT molecular complexity index is 845. The van der Waals surface area contributed by atoms with E-state index in [9.17, 15) is 9.59 Å². The number of rotatable bonds is 10. The number of benzene rings is 1. The van der Waals surface area contributed by atoms with Gasteiger partial charge in [0.15, 0.2) is 11.0 Å². The summed E-state index contributed by atoms with van der Waals surface area (Å²) >= 11 is 1.55. The van der Waals surface area contributed by atoms with Crippen LogP contribution in [0.15, 0.2) is 29.4 Å². The Morgan fingerprint density at radius 3 is 2.24 bits per heavy atom. The van der Waals surface area contributed by atoms with Gasteiger partial charge in [-0.1, -0.05) is 44.2 Å². The highest BCUT2D eigenvalue weighted by atomic mass is 32.2. The van der Waals surface area contributed by atoms with E-state index in [2.05, 4.69) is 47.6 Å². The summed E-state index contributed by atoms with van der Waals surface area (Å²) in [5, 5.41) is 9.75. The van der Waals surface area contributed by atoms with E-state index >= 15 is 0 Å². The summed E-state index contributed by atoms with van der Waals surface area (Å²) in [6.07, 6.45) is 3.10. The summed E-state index contributed by atoms with van der Waals surface area (Å²) < 4.78 is 2.20. The fourth-order valence-corrected chi connectivity index (χ4v) is 4.52. The third-order valence-corrected chi connectivity index (χ3v) is 6.16. The molecule has 156 valence electrons. The summed E-state index contributed by atoms with van der Waals surface area (Å²) in [4.78, 5) is 28.5. The maximum absolute atomic E-state index is 12.5. The monoisotopic (exact) mass is 415 g/mol. The molecule has 2 aromatic rings. The average Bonchev–Trinajstić information content (AvgIpc) is 3.21. The highest BCUT2D eigenvalue weighted by molar-refractivity contribution is 7.99. The zero-order valence-electron chi connectivity index (χ0n) is 17.6. The van der Waals surface area contributed by atoms with E-state index in [-0.39, 0.29) is 17.9 Å². The Kier molecular flexibility index (Phi) is 7.08. The molecule has 0 saturated heterocycles. The van der Waals surface area contributed by atoms with Crippen LogP contribution in [0.4, 0.5) is 0 Å². The minimum Gasteiger partial charge on any atom is -0.305 e. The first-order valence-electron chi connectivity index (χ1n) is 10.2. The van der Waals surface area contributed by atoms with Gasteiger partial charge in [0.1, 0.15) is 0 Å². The summed E-state index contributed by atoms with van der Waals surface area (Å²) in [7, 11) is 4.12. The summed E-state index contributed by atoms with van der Waals surface area (Å²) in [6, 6.07) is 7.21. The van der Waals surface area contributed by atoms with Crippen molar-refractivity contribution in [2.75, 3.05) is 26.4 Å². The van der Waals surface area contributed by atoms with Crippen LogP contribution in [0.1, 0.15) is 65.7 Å². The Balaban J connectivity index is 1.70. The zero-order chi connectivity index (χ0) is 21.0. The van der Waals surface area contributed by atoms with Crippen molar-refractivity contribution in [2.24, 2.45) is 0 Å². The molecule has 2 heterocycles. The number of thioether (sulfide) groups is 1. The predicted molar refractivity (Wildman–Crippen MR) is 114 cm³/mol. The normalized spacial score (nSPS) is 14.7. The van der Waals surface area contributed by atoms with Crippen LogP contribution < -0.4 is 0 Å². The number of amides is 2. The Labute approximate surface area is 176 Å². The van der Waals surface area contributed by atoms with Gasteiger partial charge in [0.2, 0.25) is 0 Å². The molecule has 1 aromatic heterocycles. The molecule has 29 heavy (non-hydrogen) atoms. The lowest BCUT2D eigenvalue weighted by Crippen LogP contribution is -2.31. The summed E-state index contributed by atoms with van der Waals surface area (Å²) in [6.45, 7) is 5.55. The lowest BCUT2D eigenvalue weighted by atomic mass is 10.1. The van der Waals surface area contributed by atoms with E-state index in [1.54, 1.807) is 36.0 Å². The number of carbonyl (C=O) groups is 2. The second-order valence-electron chi connectivity index (χ2n) is 7.39. The average molecular weight is 416 g/mol. The molecule has 0 saturated carbocycles. The highest BCUT2D eigenvalue weighted by Crippen LogP contribution is 2.27. The first kappa shape index (κ1) is 21.5. The Morgan fingerprint density at radius 1 is 1.03 bits per heavy atom. The van der Waals surface area contributed by atoms with Gasteiger partial charge in [0.05, 0.1) is 17.2 Å². The maximum Gasteiger partial charge on any atom is 0.261 e. The number of aromatic nitrogens is 3. The second kappa shape index (κ2) is 9.54. The van der Waals surface area contributed by atoms with Gasteiger partial charge in [-0.3, -0.25) is 19.4 Å². The zero-order valence-corrected chi connectivity index (χ0v) is 18.4. The standard InChI is InChI=1S/C21H29N5O2S/c1-5-7-12-25-18(17(6-2)24(3)4)22-23-21(25)29-14-13-26-19(27)15-10-8-9-11-16(15)20(26)28/h8-11,17H,5-7,12-14H2,1-4H3. The van der Waals surface area contributed by atoms with E-state index in [1.807, 2.05) is 0 Å². The van der Waals surface area contributed by atoms with Crippen LogP contribution in [-0.2, 0) is 6.54 Å². The second-order valence-corrected chi connectivity index (χ2v) is 8.45. The molecule has 0 N–H and O–H groups in total. The molecular formula is C21H29N5O2S. The van der Waals surface area contributed by atoms with Crippen molar-refractivity contribution in [3.63, 3.8) is 0 Å². The first-order chi connectivity index (χ1) is 14.0. The number of imide groups is 1. The van der Waals surface area contributed by atoms with Gasteiger partial charge in [0, 0.05) is 18.8 Å². The van der Waals surface area contributed by atoms with Crippen LogP contribution in [0.5, 0.6) is 0 Å². The van der Waals surface area contributed by atoms with Crippen molar-refractivity contribution in [3.05, 3.63) is 41.2 Å². The van der Waals surface area contributed by atoms with E-state index in [0.29, 0.717) is 23.4 Å². The molecule has 1 unspecified atom stereocenters. The largest absolute Gasteiger partial charge is 0.305 e. The summed E-state index contributed by atoms with van der Waals surface area (Å²) in [5.74, 6) is 1.15. The minimum atomic E-state index is -0.210. The topological polar surface area (TPSA) is 71.3 Å². The van der Waals surface area contributed by atoms with Crippen molar-refractivity contribution in [1.29, 1.82) is 0 Å². The van der Waals surface area contributed by atoms with E-state index in [0.717, 1.165) is 36.8 Å². The van der Waals surface area contributed by atoms with Gasteiger partial charge in [-0.25, -0.2) is 0 Å². The van der Waals surface area contributed by atoms with Crippen molar-refractivity contribution in [1.82, 2.24) is 24.6 Å². The molecular weight excluding hydrogens is 386 g/mol. The Hall–Kier alpha value is -2.19. The maximum atomic E-state index is 12.5. The molecule has 7 nitrogen and oxygen atoms in total. The molecule has 0 bridgehead atoms. The number of hydrogen-bond acceptors (Lipinski definition) is 6. The predicted octanol–water partition coefficient (Wildman–Crippen LogP) is 3.48. The molecule has 1 aromatic carbocycles. The van der Waals surface area contributed by atoms with Gasteiger partial charge < -0.3 is 4.57 Å². The van der Waals surface area contributed by atoms with E-state index in [4.69, 9.17) is 0 Å². The van der Waals surface area contributed by atoms with Crippen LogP contribution >= 0.6 is 11.8 Å². The van der Waals surface area contributed by atoms with E-state index in [1.165, 1.54) is 4.90 Å². The SMILES string of the molecule is CCCCn1c(SCCN2C(=O)c3ccccc3C2=O)nnc1C(CC)N(C)C. The minimum absolute atomic E-state index is 0.210. The third-order valence-electron chi connectivity index (χ3n) is 5.21. The van der Waals surface area contributed by atoms with Gasteiger partial charge in [-0.2, -0.15) is 0 Å². The number of fused-ring (bicyclic) bond motifs is 1. The highest BCUT2D eigenvalue weighted by Gasteiger charge is 2.34. The van der Waals surface area contributed by atoms with Crippen molar-refractivity contribution in [2.45, 2.75) is 50.9 Å². The fraction of sp³-hybridized carbons (Fsp3) is 0.524. The lowest BCUT2D eigenvalue weighted by Gasteiger charge is -2.23. The van der Waals surface area contributed by atoms with Gasteiger partial charge in [-0.05, 0) is 39.1 Å². The third kappa shape index (κ3) is 4.38. The summed E-state index contributed by atoms with van der Waals surface area (Å²) in [5.41, 5.74) is 0.986. The molecule has 0 aliphatic carbocycles. The van der Waals surface area contributed by atoms with Crippen molar-refractivity contribution in [3.8, 4) is 0 Å². The van der Waals surface area contributed by atoms with Crippen LogP contribution in [0.3, 0.4) is 0 Å². The molecule has 1 atom stereocenters. The number of nitrogens with zero attached hydrogens (tertiary/aromatic N) is 5. The molecule has 1 aliphatic heterocycles. The molecule has 3 rings (SSSR count). The molecule has 2 amide bonds. The van der Waals surface area contributed by atoms with Gasteiger partial charge >= 0.3 is 0 Å². The van der Waals surface area contributed by atoms with E-state index < -0.39 is 0 Å². The quantitative estimate of drug-likeness (QED) is 0.437. The smallest absolute Gasteiger partial charge is 0.261 e. The number of hydrogen-bond donors (Lipinski definition) is 0. The molecule has 8 heteroatoms. The Morgan fingerprint density at radius 2 is 1.69 bits per heavy atom. The van der Waals surface area contributed by atoms with Crippen LogP contribution in [0, 0.1) is 0 Å². The van der Waals surface area contributed by atoms with Crippen LogP contribution in [0.25, 0.3) is 0 Å². The van der Waals surface area contributed by atoms with Gasteiger partial charge in [-0.15, -0.1) is 10.2 Å².